The maximum absolute atomic E-state index is 2.26. The van der Waals surface area contributed by atoms with Crippen LogP contribution in [0, 0.1) is 0 Å². The minimum absolute atomic E-state index is 0.223. The van der Waals surface area contributed by atoms with Crippen molar-refractivity contribution in [3.05, 3.63) is 48.0 Å². The van der Waals surface area contributed by atoms with Gasteiger partial charge < -0.3 is 0 Å². The van der Waals surface area contributed by atoms with Crippen molar-refractivity contribution >= 4 is 10.8 Å². The SMILES string of the molecule is CC.CC(C)(C)c1cccc2ccccc12. The normalized spacial score (nSPS) is 10.8. The predicted octanol–water partition coefficient (Wildman–Crippen LogP) is 5.16. The lowest BCUT2D eigenvalue weighted by molar-refractivity contribution is 0.596. The van der Waals surface area contributed by atoms with Crippen molar-refractivity contribution < 1.29 is 0 Å². The standard InChI is InChI=1S/C14H16.C2H6/c1-14(2,3)13-10-6-8-11-7-4-5-9-12(11)13;1-2/h4-10H,1-3H3;1-2H3. The summed E-state index contributed by atoms with van der Waals surface area (Å²) in [5, 5.41) is 2.71. The molecule has 0 fully saturated rings. The summed E-state index contributed by atoms with van der Waals surface area (Å²) in [6, 6.07) is 15.1. The van der Waals surface area contributed by atoms with E-state index in [1.807, 2.05) is 13.8 Å². The first-order chi connectivity index (χ1) is 7.59. The van der Waals surface area contributed by atoms with E-state index in [0.29, 0.717) is 0 Å². The van der Waals surface area contributed by atoms with Gasteiger partial charge in [-0.2, -0.15) is 0 Å². The van der Waals surface area contributed by atoms with E-state index < -0.39 is 0 Å². The summed E-state index contributed by atoms with van der Waals surface area (Å²) in [7, 11) is 0. The fourth-order valence-corrected chi connectivity index (χ4v) is 1.88. The lowest BCUT2D eigenvalue weighted by atomic mass is 9.84. The Labute approximate surface area is 99.3 Å². The quantitative estimate of drug-likeness (QED) is 0.568. The topological polar surface area (TPSA) is 0 Å². The van der Waals surface area contributed by atoms with Crippen LogP contribution in [-0.2, 0) is 5.41 Å². The maximum atomic E-state index is 2.26. The number of fused-ring (bicyclic) bond motifs is 1. The van der Waals surface area contributed by atoms with Crippen LogP contribution in [0.2, 0.25) is 0 Å². The molecule has 0 atom stereocenters. The predicted molar refractivity (Wildman–Crippen MR) is 74.0 cm³/mol. The van der Waals surface area contributed by atoms with Crippen LogP contribution >= 0.6 is 0 Å². The molecular weight excluding hydrogens is 192 g/mol. The molecule has 2 rings (SSSR count). The smallest absolute Gasteiger partial charge is 0.0126 e. The molecule has 0 radical (unpaired) electrons. The van der Waals surface area contributed by atoms with Gasteiger partial charge in [-0.15, -0.1) is 0 Å². The molecule has 0 unspecified atom stereocenters. The number of rotatable bonds is 0. The van der Waals surface area contributed by atoms with Crippen LogP contribution in [0.3, 0.4) is 0 Å². The van der Waals surface area contributed by atoms with Gasteiger partial charge in [-0.1, -0.05) is 77.1 Å². The largest absolute Gasteiger partial charge is 0.0683 e. The molecule has 0 saturated carbocycles. The van der Waals surface area contributed by atoms with E-state index in [1.54, 1.807) is 0 Å². The molecule has 0 nitrogen and oxygen atoms in total. The first-order valence-corrected chi connectivity index (χ1v) is 6.07. The van der Waals surface area contributed by atoms with E-state index in [1.165, 1.54) is 16.3 Å². The van der Waals surface area contributed by atoms with Crippen molar-refractivity contribution in [1.82, 2.24) is 0 Å². The highest BCUT2D eigenvalue weighted by molar-refractivity contribution is 5.86. The molecule has 0 saturated heterocycles. The third-order valence-electron chi connectivity index (χ3n) is 2.60. The van der Waals surface area contributed by atoms with Crippen molar-refractivity contribution in [3.63, 3.8) is 0 Å². The van der Waals surface area contributed by atoms with Crippen LogP contribution in [0.25, 0.3) is 10.8 Å². The molecule has 2 aromatic rings. The highest BCUT2D eigenvalue weighted by Gasteiger charge is 2.15. The molecule has 0 bridgehead atoms. The van der Waals surface area contributed by atoms with Gasteiger partial charge >= 0.3 is 0 Å². The molecular formula is C16H22. The van der Waals surface area contributed by atoms with Gasteiger partial charge in [-0.3, -0.25) is 0 Å². The number of hydrogen-bond acceptors (Lipinski definition) is 0. The summed E-state index contributed by atoms with van der Waals surface area (Å²) in [6.07, 6.45) is 0. The average Bonchev–Trinajstić information content (AvgIpc) is 2.30. The van der Waals surface area contributed by atoms with Crippen molar-refractivity contribution in [3.8, 4) is 0 Å². The molecule has 0 aliphatic heterocycles. The fraction of sp³-hybridized carbons (Fsp3) is 0.375. The minimum atomic E-state index is 0.223. The molecule has 0 heterocycles. The molecule has 86 valence electrons. The Morgan fingerprint density at radius 1 is 0.750 bits per heavy atom. The Bertz CT molecular complexity index is 442. The zero-order valence-corrected chi connectivity index (χ0v) is 11.0. The van der Waals surface area contributed by atoms with Crippen molar-refractivity contribution in [2.45, 2.75) is 40.0 Å². The Morgan fingerprint density at radius 3 is 1.94 bits per heavy atom. The van der Waals surface area contributed by atoms with E-state index in [9.17, 15) is 0 Å². The van der Waals surface area contributed by atoms with Crippen LogP contribution in [0.5, 0.6) is 0 Å². The van der Waals surface area contributed by atoms with Gasteiger partial charge in [0.25, 0.3) is 0 Å². The molecule has 16 heavy (non-hydrogen) atoms. The second-order valence-electron chi connectivity index (χ2n) is 4.78. The Morgan fingerprint density at radius 2 is 1.31 bits per heavy atom. The van der Waals surface area contributed by atoms with Crippen molar-refractivity contribution in [2.75, 3.05) is 0 Å². The van der Waals surface area contributed by atoms with Gasteiger partial charge in [0.05, 0.1) is 0 Å². The van der Waals surface area contributed by atoms with Gasteiger partial charge in [0.15, 0.2) is 0 Å². The van der Waals surface area contributed by atoms with Crippen LogP contribution in [0.15, 0.2) is 42.5 Å². The summed E-state index contributed by atoms with van der Waals surface area (Å²) < 4.78 is 0. The van der Waals surface area contributed by atoms with E-state index in [2.05, 4.69) is 63.2 Å². The Hall–Kier alpha value is -1.30. The van der Waals surface area contributed by atoms with Gasteiger partial charge in [0, 0.05) is 0 Å². The van der Waals surface area contributed by atoms with Crippen LogP contribution in [0.4, 0.5) is 0 Å². The van der Waals surface area contributed by atoms with Gasteiger partial charge in [-0.05, 0) is 21.8 Å². The van der Waals surface area contributed by atoms with Crippen molar-refractivity contribution in [1.29, 1.82) is 0 Å². The molecule has 0 heteroatoms. The first kappa shape index (κ1) is 12.8. The third-order valence-corrected chi connectivity index (χ3v) is 2.60. The zero-order chi connectivity index (χ0) is 12.2. The van der Waals surface area contributed by atoms with Gasteiger partial charge in [-0.25, -0.2) is 0 Å². The second-order valence-corrected chi connectivity index (χ2v) is 4.78. The molecule has 2 aromatic carbocycles. The zero-order valence-electron chi connectivity index (χ0n) is 11.0. The minimum Gasteiger partial charge on any atom is -0.0683 e. The lowest BCUT2D eigenvalue weighted by Crippen LogP contribution is -2.11. The van der Waals surface area contributed by atoms with Crippen LogP contribution < -0.4 is 0 Å². The summed E-state index contributed by atoms with van der Waals surface area (Å²) in [5.41, 5.74) is 1.65. The van der Waals surface area contributed by atoms with E-state index >= 15 is 0 Å². The van der Waals surface area contributed by atoms with Crippen LogP contribution in [0.1, 0.15) is 40.2 Å². The summed E-state index contributed by atoms with van der Waals surface area (Å²) in [4.78, 5) is 0. The van der Waals surface area contributed by atoms with Gasteiger partial charge in [0.2, 0.25) is 0 Å². The highest BCUT2D eigenvalue weighted by Crippen LogP contribution is 2.29. The molecule has 0 aliphatic rings. The number of benzene rings is 2. The average molecular weight is 214 g/mol. The maximum Gasteiger partial charge on any atom is -0.0126 e. The first-order valence-electron chi connectivity index (χ1n) is 6.07. The monoisotopic (exact) mass is 214 g/mol. The van der Waals surface area contributed by atoms with Crippen LogP contribution in [-0.4, -0.2) is 0 Å². The number of hydrogen-bond donors (Lipinski definition) is 0. The van der Waals surface area contributed by atoms with E-state index in [4.69, 9.17) is 0 Å². The van der Waals surface area contributed by atoms with E-state index in [-0.39, 0.29) is 5.41 Å². The molecule has 0 aliphatic carbocycles. The summed E-state index contributed by atoms with van der Waals surface area (Å²) >= 11 is 0. The fourth-order valence-electron chi connectivity index (χ4n) is 1.88. The second kappa shape index (κ2) is 5.16. The van der Waals surface area contributed by atoms with E-state index in [0.717, 1.165) is 0 Å². The molecule has 0 spiro atoms. The summed E-state index contributed by atoms with van der Waals surface area (Å²) in [6.45, 7) is 10.8. The molecule has 0 N–H and O–H groups in total. The molecule has 0 aromatic heterocycles. The lowest BCUT2D eigenvalue weighted by Gasteiger charge is -2.21. The highest BCUT2D eigenvalue weighted by atomic mass is 14.2. The summed E-state index contributed by atoms with van der Waals surface area (Å²) in [5.74, 6) is 0. The van der Waals surface area contributed by atoms with Crippen molar-refractivity contribution in [2.24, 2.45) is 0 Å². The van der Waals surface area contributed by atoms with Gasteiger partial charge in [0.1, 0.15) is 0 Å². The molecule has 0 amide bonds. The Kier molecular flexibility index (Phi) is 4.12. The Balaban J connectivity index is 0.000000606. The third kappa shape index (κ3) is 2.63.